The average Bonchev–Trinajstić information content (AvgIpc) is 3.27. The Morgan fingerprint density at radius 1 is 1.17 bits per heavy atom. The Bertz CT molecular complexity index is 1230. The molecule has 29 heavy (non-hydrogen) atoms. The summed E-state index contributed by atoms with van der Waals surface area (Å²) in [6.45, 7) is 4.11. The normalized spacial score (nSPS) is 13.3. The van der Waals surface area contributed by atoms with Gasteiger partial charge < -0.3 is 4.57 Å². The highest BCUT2D eigenvalue weighted by molar-refractivity contribution is 7.92. The SMILES string of the molecule is Cc1cc([N+](=O)[O-])cc(S(=O)(=O)Nc2cccc(-c3nnc4n3CCC4)c2)c1C. The fourth-order valence-electron chi connectivity index (χ4n) is 3.49. The van der Waals surface area contributed by atoms with Gasteiger partial charge in [-0.1, -0.05) is 12.1 Å². The molecule has 4 rings (SSSR count). The molecule has 10 heteroatoms. The number of hydrogen-bond acceptors (Lipinski definition) is 6. The minimum atomic E-state index is -4.02. The van der Waals surface area contributed by atoms with Gasteiger partial charge in [0.25, 0.3) is 15.7 Å². The molecule has 0 saturated heterocycles. The summed E-state index contributed by atoms with van der Waals surface area (Å²) < 4.78 is 30.5. The lowest BCUT2D eigenvalue weighted by Gasteiger charge is -2.13. The fourth-order valence-corrected chi connectivity index (χ4v) is 4.88. The molecule has 0 atom stereocenters. The van der Waals surface area contributed by atoms with E-state index in [1.807, 2.05) is 10.6 Å². The third kappa shape index (κ3) is 3.46. The lowest BCUT2D eigenvalue weighted by molar-refractivity contribution is -0.385. The first-order valence-corrected chi connectivity index (χ1v) is 10.6. The molecule has 0 radical (unpaired) electrons. The Hall–Kier alpha value is -3.27. The molecule has 0 unspecified atom stereocenters. The number of nitro groups is 1. The van der Waals surface area contributed by atoms with Gasteiger partial charge in [0.05, 0.1) is 9.82 Å². The largest absolute Gasteiger partial charge is 0.311 e. The first kappa shape index (κ1) is 19.1. The van der Waals surface area contributed by atoms with E-state index in [0.717, 1.165) is 36.8 Å². The van der Waals surface area contributed by atoms with E-state index >= 15 is 0 Å². The maximum atomic E-state index is 13.0. The maximum Gasteiger partial charge on any atom is 0.271 e. The molecule has 0 saturated carbocycles. The predicted octanol–water partition coefficient (Wildman–Crippen LogP) is 3.22. The van der Waals surface area contributed by atoms with E-state index in [1.165, 1.54) is 6.07 Å². The van der Waals surface area contributed by atoms with Crippen LogP contribution in [0.15, 0.2) is 41.3 Å². The molecule has 9 nitrogen and oxygen atoms in total. The van der Waals surface area contributed by atoms with E-state index in [4.69, 9.17) is 0 Å². The van der Waals surface area contributed by atoms with Crippen LogP contribution >= 0.6 is 0 Å². The zero-order valence-electron chi connectivity index (χ0n) is 15.9. The molecular formula is C19H19N5O4S. The summed E-state index contributed by atoms with van der Waals surface area (Å²) in [6, 6.07) is 9.33. The van der Waals surface area contributed by atoms with Crippen LogP contribution in [0.25, 0.3) is 11.4 Å². The summed E-state index contributed by atoms with van der Waals surface area (Å²) in [7, 11) is -4.02. The number of sulfonamides is 1. The van der Waals surface area contributed by atoms with Crippen molar-refractivity contribution in [2.45, 2.75) is 38.1 Å². The van der Waals surface area contributed by atoms with Crippen LogP contribution in [0.4, 0.5) is 11.4 Å². The Morgan fingerprint density at radius 3 is 2.72 bits per heavy atom. The number of hydrogen-bond donors (Lipinski definition) is 1. The zero-order chi connectivity index (χ0) is 20.8. The minimum absolute atomic E-state index is 0.113. The molecule has 0 aliphatic carbocycles. The minimum Gasteiger partial charge on any atom is -0.311 e. The lowest BCUT2D eigenvalue weighted by Crippen LogP contribution is -2.15. The van der Waals surface area contributed by atoms with Gasteiger partial charge in [-0.25, -0.2) is 8.42 Å². The van der Waals surface area contributed by atoms with Crippen molar-refractivity contribution in [2.24, 2.45) is 0 Å². The Kier molecular flexibility index (Phi) is 4.58. The highest BCUT2D eigenvalue weighted by Crippen LogP contribution is 2.29. The molecule has 2 heterocycles. The van der Waals surface area contributed by atoms with Gasteiger partial charge in [-0.3, -0.25) is 14.8 Å². The molecule has 1 N–H and O–H groups in total. The Labute approximate surface area is 167 Å². The van der Waals surface area contributed by atoms with E-state index in [2.05, 4.69) is 14.9 Å². The number of fused-ring (bicyclic) bond motifs is 1. The molecule has 2 aromatic carbocycles. The topological polar surface area (TPSA) is 120 Å². The summed E-state index contributed by atoms with van der Waals surface area (Å²) in [5.74, 6) is 1.62. The Balaban J connectivity index is 1.70. The molecule has 0 amide bonds. The molecule has 0 spiro atoms. The second-order valence-corrected chi connectivity index (χ2v) is 8.68. The van der Waals surface area contributed by atoms with Gasteiger partial charge in [0.1, 0.15) is 5.82 Å². The van der Waals surface area contributed by atoms with Crippen molar-refractivity contribution in [1.29, 1.82) is 0 Å². The van der Waals surface area contributed by atoms with E-state index in [-0.39, 0.29) is 10.6 Å². The summed E-state index contributed by atoms with van der Waals surface area (Å²) in [5.41, 5.74) is 1.84. The van der Waals surface area contributed by atoms with Gasteiger partial charge in [0.2, 0.25) is 0 Å². The monoisotopic (exact) mass is 413 g/mol. The number of nitrogens with zero attached hydrogens (tertiary/aromatic N) is 4. The summed E-state index contributed by atoms with van der Waals surface area (Å²) in [6.07, 6.45) is 1.89. The van der Waals surface area contributed by atoms with E-state index in [9.17, 15) is 18.5 Å². The fraction of sp³-hybridized carbons (Fsp3) is 0.263. The zero-order valence-corrected chi connectivity index (χ0v) is 16.7. The van der Waals surface area contributed by atoms with Crippen molar-refractivity contribution in [3.63, 3.8) is 0 Å². The van der Waals surface area contributed by atoms with Crippen molar-refractivity contribution in [2.75, 3.05) is 4.72 Å². The first-order valence-electron chi connectivity index (χ1n) is 9.07. The van der Waals surface area contributed by atoms with Gasteiger partial charge in [0.15, 0.2) is 5.82 Å². The number of rotatable bonds is 5. The molecule has 1 aliphatic rings. The second-order valence-electron chi connectivity index (χ2n) is 7.02. The lowest BCUT2D eigenvalue weighted by atomic mass is 10.1. The van der Waals surface area contributed by atoms with Gasteiger partial charge in [-0.2, -0.15) is 0 Å². The molecule has 1 aliphatic heterocycles. The van der Waals surface area contributed by atoms with Crippen LogP contribution in [0.1, 0.15) is 23.4 Å². The number of nitrogens with one attached hydrogen (secondary N) is 1. The molecular weight excluding hydrogens is 394 g/mol. The maximum absolute atomic E-state index is 13.0. The van der Waals surface area contributed by atoms with Crippen LogP contribution in [-0.2, 0) is 23.0 Å². The predicted molar refractivity (Wildman–Crippen MR) is 107 cm³/mol. The smallest absolute Gasteiger partial charge is 0.271 e. The quantitative estimate of drug-likeness (QED) is 0.506. The summed E-state index contributed by atoms with van der Waals surface area (Å²) in [4.78, 5) is 10.4. The number of aromatic nitrogens is 3. The standard InChI is InChI=1S/C19H19N5O4S/c1-12-9-16(24(25)26)11-17(13(12)2)29(27,28)22-15-6-3-5-14(10-15)19-21-20-18-7-4-8-23(18)19/h3,5-6,9-11,22H,4,7-8H2,1-2H3. The second kappa shape index (κ2) is 6.96. The number of anilines is 1. The van der Waals surface area contributed by atoms with Gasteiger partial charge >= 0.3 is 0 Å². The van der Waals surface area contributed by atoms with E-state index in [0.29, 0.717) is 22.6 Å². The van der Waals surface area contributed by atoms with Crippen molar-refractivity contribution in [3.05, 3.63) is 63.5 Å². The molecule has 0 bridgehead atoms. The Morgan fingerprint density at radius 2 is 1.97 bits per heavy atom. The first-order chi connectivity index (χ1) is 13.8. The van der Waals surface area contributed by atoms with Crippen LogP contribution in [-0.4, -0.2) is 28.1 Å². The van der Waals surface area contributed by atoms with Crippen molar-refractivity contribution >= 4 is 21.4 Å². The molecule has 1 aromatic heterocycles. The molecule has 150 valence electrons. The van der Waals surface area contributed by atoms with Gasteiger partial charge in [0, 0.05) is 36.3 Å². The van der Waals surface area contributed by atoms with Crippen LogP contribution in [0.5, 0.6) is 0 Å². The van der Waals surface area contributed by atoms with E-state index in [1.54, 1.807) is 32.0 Å². The van der Waals surface area contributed by atoms with Crippen molar-refractivity contribution in [1.82, 2.24) is 14.8 Å². The number of benzene rings is 2. The molecule has 3 aromatic rings. The van der Waals surface area contributed by atoms with Crippen LogP contribution in [0.3, 0.4) is 0 Å². The van der Waals surface area contributed by atoms with E-state index < -0.39 is 14.9 Å². The summed E-state index contributed by atoms with van der Waals surface area (Å²) in [5, 5.41) is 19.6. The van der Waals surface area contributed by atoms with Gasteiger partial charge in [-0.15, -0.1) is 10.2 Å². The van der Waals surface area contributed by atoms with Crippen LogP contribution in [0, 0.1) is 24.0 Å². The van der Waals surface area contributed by atoms with Crippen molar-refractivity contribution in [3.8, 4) is 11.4 Å². The van der Waals surface area contributed by atoms with Gasteiger partial charge in [-0.05, 0) is 43.5 Å². The average molecular weight is 413 g/mol. The third-order valence-corrected chi connectivity index (χ3v) is 6.59. The van der Waals surface area contributed by atoms with Crippen LogP contribution < -0.4 is 4.72 Å². The number of nitro benzene ring substituents is 1. The number of non-ortho nitro benzene ring substituents is 1. The van der Waals surface area contributed by atoms with Crippen molar-refractivity contribution < 1.29 is 13.3 Å². The highest BCUT2D eigenvalue weighted by atomic mass is 32.2. The van der Waals surface area contributed by atoms with Crippen LogP contribution in [0.2, 0.25) is 0 Å². The number of aryl methyl sites for hydroxylation is 2. The molecule has 0 fully saturated rings. The third-order valence-electron chi connectivity index (χ3n) is 5.09. The highest BCUT2D eigenvalue weighted by Gasteiger charge is 2.23. The summed E-state index contributed by atoms with van der Waals surface area (Å²) >= 11 is 0.